The van der Waals surface area contributed by atoms with Gasteiger partial charge in [0.05, 0.1) is 17.3 Å². The molecule has 0 nitrogen and oxygen atoms in total. The summed E-state index contributed by atoms with van der Waals surface area (Å²) in [5.41, 5.74) is -3.72. The molecular weight excluding hydrogens is 267 g/mol. The lowest BCUT2D eigenvalue weighted by atomic mass is 9.86. The average molecular weight is 274 g/mol. The van der Waals surface area contributed by atoms with Crippen LogP contribution in [0.4, 0.5) is 39.5 Å². The standard InChI is InChI=1S/C8H7F9/c1-3(6(9,10)11)5(8(15,16)17)2-4(5)7(12,13)14/h3-4H,2H2,1H3. The maximum absolute atomic E-state index is 12.5. The number of halogens is 9. The van der Waals surface area contributed by atoms with Gasteiger partial charge >= 0.3 is 18.5 Å². The second kappa shape index (κ2) is 3.44. The molecule has 0 aliphatic heterocycles. The van der Waals surface area contributed by atoms with E-state index < -0.39 is 42.2 Å². The van der Waals surface area contributed by atoms with E-state index in [1.54, 1.807) is 0 Å². The zero-order chi connectivity index (χ0) is 13.9. The highest BCUT2D eigenvalue weighted by Crippen LogP contribution is 2.73. The number of alkyl halides is 9. The Labute approximate surface area is 89.8 Å². The Hall–Kier alpha value is -0.630. The first-order valence-corrected chi connectivity index (χ1v) is 4.44. The number of hydrogen-bond acceptors (Lipinski definition) is 0. The number of hydrogen-bond donors (Lipinski definition) is 0. The zero-order valence-electron chi connectivity index (χ0n) is 8.26. The molecule has 0 aromatic rings. The lowest BCUT2D eigenvalue weighted by molar-refractivity contribution is -0.281. The van der Waals surface area contributed by atoms with Gasteiger partial charge in [-0.1, -0.05) is 6.92 Å². The van der Waals surface area contributed by atoms with Crippen LogP contribution in [0.2, 0.25) is 0 Å². The predicted molar refractivity (Wildman–Crippen MR) is 37.9 cm³/mol. The van der Waals surface area contributed by atoms with Gasteiger partial charge in [0.15, 0.2) is 0 Å². The van der Waals surface area contributed by atoms with Crippen molar-refractivity contribution in [2.24, 2.45) is 17.3 Å². The lowest BCUT2D eigenvalue weighted by Crippen LogP contribution is -2.42. The minimum absolute atomic E-state index is 0.138. The summed E-state index contributed by atoms with van der Waals surface area (Å²) in [7, 11) is 0. The fraction of sp³-hybridized carbons (Fsp3) is 1.00. The van der Waals surface area contributed by atoms with Crippen molar-refractivity contribution < 1.29 is 39.5 Å². The molecule has 0 saturated heterocycles. The maximum atomic E-state index is 12.5. The minimum Gasteiger partial charge on any atom is -0.171 e. The van der Waals surface area contributed by atoms with Crippen molar-refractivity contribution in [1.29, 1.82) is 0 Å². The van der Waals surface area contributed by atoms with Crippen LogP contribution in [0.3, 0.4) is 0 Å². The van der Waals surface area contributed by atoms with Crippen LogP contribution in [0, 0.1) is 17.3 Å². The summed E-state index contributed by atoms with van der Waals surface area (Å²) in [4.78, 5) is 0. The molecule has 102 valence electrons. The monoisotopic (exact) mass is 274 g/mol. The van der Waals surface area contributed by atoms with Crippen molar-refractivity contribution >= 4 is 0 Å². The van der Waals surface area contributed by atoms with Gasteiger partial charge in [-0.25, -0.2) is 0 Å². The Morgan fingerprint density at radius 3 is 1.53 bits per heavy atom. The zero-order valence-corrected chi connectivity index (χ0v) is 8.26. The van der Waals surface area contributed by atoms with Crippen molar-refractivity contribution in [2.75, 3.05) is 0 Å². The van der Waals surface area contributed by atoms with Crippen LogP contribution in [0.1, 0.15) is 13.3 Å². The van der Waals surface area contributed by atoms with Gasteiger partial charge < -0.3 is 0 Å². The molecule has 0 aromatic heterocycles. The third-order valence-corrected chi connectivity index (χ3v) is 3.19. The van der Waals surface area contributed by atoms with Crippen LogP contribution in [-0.4, -0.2) is 18.5 Å². The molecule has 1 saturated carbocycles. The molecule has 1 fully saturated rings. The first-order valence-electron chi connectivity index (χ1n) is 4.44. The molecular formula is C8H7F9. The summed E-state index contributed by atoms with van der Waals surface area (Å²) in [6, 6.07) is 0. The fourth-order valence-electron chi connectivity index (χ4n) is 2.02. The molecule has 17 heavy (non-hydrogen) atoms. The van der Waals surface area contributed by atoms with Gasteiger partial charge in [0.2, 0.25) is 0 Å². The van der Waals surface area contributed by atoms with Crippen LogP contribution in [0.25, 0.3) is 0 Å². The highest BCUT2D eigenvalue weighted by molar-refractivity contribution is 5.13. The van der Waals surface area contributed by atoms with Crippen LogP contribution in [0.15, 0.2) is 0 Å². The smallest absolute Gasteiger partial charge is 0.171 e. The Morgan fingerprint density at radius 1 is 0.941 bits per heavy atom. The van der Waals surface area contributed by atoms with Gasteiger partial charge in [0.25, 0.3) is 0 Å². The maximum Gasteiger partial charge on any atom is 0.395 e. The highest BCUT2D eigenvalue weighted by Gasteiger charge is 2.82. The van der Waals surface area contributed by atoms with Crippen molar-refractivity contribution in [2.45, 2.75) is 31.9 Å². The van der Waals surface area contributed by atoms with Gasteiger partial charge in [-0.05, 0) is 6.42 Å². The van der Waals surface area contributed by atoms with Gasteiger partial charge in [0.1, 0.15) is 0 Å². The molecule has 9 heteroatoms. The van der Waals surface area contributed by atoms with Crippen molar-refractivity contribution in [3.63, 3.8) is 0 Å². The Bertz CT molecular complexity index is 296. The molecule has 1 aliphatic carbocycles. The Morgan fingerprint density at radius 2 is 1.35 bits per heavy atom. The molecule has 0 radical (unpaired) electrons. The van der Waals surface area contributed by atoms with E-state index in [9.17, 15) is 39.5 Å². The Balaban J connectivity index is 3.11. The third-order valence-electron chi connectivity index (χ3n) is 3.19. The largest absolute Gasteiger partial charge is 0.395 e. The second-order valence-corrected chi connectivity index (χ2v) is 4.10. The van der Waals surface area contributed by atoms with Gasteiger partial charge in [-0.15, -0.1) is 0 Å². The van der Waals surface area contributed by atoms with Crippen molar-refractivity contribution in [3.8, 4) is 0 Å². The second-order valence-electron chi connectivity index (χ2n) is 4.10. The van der Waals surface area contributed by atoms with Crippen LogP contribution in [0.5, 0.6) is 0 Å². The molecule has 1 aliphatic rings. The molecule has 0 bridgehead atoms. The summed E-state index contributed by atoms with van der Waals surface area (Å²) < 4.78 is 110. The van der Waals surface area contributed by atoms with E-state index in [-0.39, 0.29) is 6.92 Å². The minimum atomic E-state index is -5.53. The molecule has 1 rings (SSSR count). The summed E-state index contributed by atoms with van der Waals surface area (Å²) in [5.74, 6) is -6.03. The van der Waals surface area contributed by atoms with Crippen molar-refractivity contribution in [1.82, 2.24) is 0 Å². The van der Waals surface area contributed by atoms with E-state index in [1.807, 2.05) is 0 Å². The molecule has 0 heterocycles. The molecule has 0 amide bonds. The quantitative estimate of drug-likeness (QED) is 0.625. The number of rotatable bonds is 1. The van der Waals surface area contributed by atoms with Crippen LogP contribution in [-0.2, 0) is 0 Å². The summed E-state index contributed by atoms with van der Waals surface area (Å²) in [6.45, 7) is 0.138. The molecule has 0 spiro atoms. The fourth-order valence-corrected chi connectivity index (χ4v) is 2.02. The van der Waals surface area contributed by atoms with E-state index in [2.05, 4.69) is 0 Å². The van der Waals surface area contributed by atoms with E-state index in [1.165, 1.54) is 0 Å². The van der Waals surface area contributed by atoms with Gasteiger partial charge in [-0.2, -0.15) is 39.5 Å². The first-order chi connectivity index (χ1) is 7.24. The SMILES string of the molecule is CC(C(F)(F)F)C1(C(F)(F)F)CC1C(F)(F)F. The van der Waals surface area contributed by atoms with Gasteiger partial charge in [0, 0.05) is 0 Å². The third kappa shape index (κ3) is 2.20. The summed E-state index contributed by atoms with van der Waals surface area (Å²) >= 11 is 0. The van der Waals surface area contributed by atoms with Crippen molar-refractivity contribution in [3.05, 3.63) is 0 Å². The molecule has 0 N–H and O–H groups in total. The average Bonchev–Trinajstić information content (AvgIpc) is 2.73. The molecule has 3 atom stereocenters. The summed E-state index contributed by atoms with van der Waals surface area (Å²) in [5, 5.41) is 0. The van der Waals surface area contributed by atoms with E-state index in [0.717, 1.165) is 0 Å². The molecule has 3 unspecified atom stereocenters. The predicted octanol–water partition coefficient (Wildman–Crippen LogP) is 4.32. The molecule has 0 aromatic carbocycles. The van der Waals surface area contributed by atoms with E-state index in [0.29, 0.717) is 0 Å². The van der Waals surface area contributed by atoms with E-state index in [4.69, 9.17) is 0 Å². The summed E-state index contributed by atoms with van der Waals surface area (Å²) in [6.07, 6.45) is -17.7. The topological polar surface area (TPSA) is 0 Å². The van der Waals surface area contributed by atoms with Crippen LogP contribution < -0.4 is 0 Å². The normalized spacial score (nSPS) is 32.5. The first kappa shape index (κ1) is 14.4. The van der Waals surface area contributed by atoms with Gasteiger partial charge in [-0.3, -0.25) is 0 Å². The van der Waals surface area contributed by atoms with Crippen LogP contribution >= 0.6 is 0 Å². The lowest BCUT2D eigenvalue weighted by Gasteiger charge is -2.29. The Kier molecular flexibility index (Phi) is 2.92. The highest BCUT2D eigenvalue weighted by atomic mass is 19.4. The van der Waals surface area contributed by atoms with E-state index >= 15 is 0 Å².